The Morgan fingerprint density at radius 3 is 2.36 bits per heavy atom. The molecule has 80 valence electrons. The minimum Gasteiger partial charge on any atom is -0.271 e. The van der Waals surface area contributed by atoms with Crippen LogP contribution in [0.5, 0.6) is 0 Å². The van der Waals surface area contributed by atoms with Crippen LogP contribution >= 0.6 is 23.2 Å². The standard InChI is InChI=1S/C10H16Cl2N2/c1-7-9(12)8(14(4)13-7)5-10(2,3)6-11/h5-6H2,1-4H3. The summed E-state index contributed by atoms with van der Waals surface area (Å²) in [5.74, 6) is 0.619. The van der Waals surface area contributed by atoms with E-state index in [0.29, 0.717) is 5.88 Å². The smallest absolute Gasteiger partial charge is 0.0847 e. The summed E-state index contributed by atoms with van der Waals surface area (Å²) in [6, 6.07) is 0. The van der Waals surface area contributed by atoms with E-state index in [1.807, 2.05) is 18.7 Å². The highest BCUT2D eigenvalue weighted by Crippen LogP contribution is 2.28. The zero-order valence-electron chi connectivity index (χ0n) is 9.06. The number of halogens is 2. The van der Waals surface area contributed by atoms with Gasteiger partial charge in [-0.3, -0.25) is 4.68 Å². The van der Waals surface area contributed by atoms with E-state index in [-0.39, 0.29) is 5.41 Å². The van der Waals surface area contributed by atoms with Gasteiger partial charge in [-0.1, -0.05) is 25.4 Å². The number of hydrogen-bond acceptors (Lipinski definition) is 1. The first-order valence-electron chi connectivity index (χ1n) is 4.61. The second-order valence-corrected chi connectivity index (χ2v) is 5.09. The van der Waals surface area contributed by atoms with Gasteiger partial charge in [0.15, 0.2) is 0 Å². The van der Waals surface area contributed by atoms with Crippen molar-refractivity contribution in [2.45, 2.75) is 27.2 Å². The summed E-state index contributed by atoms with van der Waals surface area (Å²) in [6.07, 6.45) is 0.854. The summed E-state index contributed by atoms with van der Waals surface area (Å²) < 4.78 is 1.84. The van der Waals surface area contributed by atoms with Crippen LogP contribution in [0.1, 0.15) is 25.2 Å². The molecule has 0 amide bonds. The predicted octanol–water partition coefficient (Wildman–Crippen LogP) is 3.19. The molecule has 0 N–H and O–H groups in total. The van der Waals surface area contributed by atoms with Gasteiger partial charge in [0.25, 0.3) is 0 Å². The molecule has 1 heterocycles. The Balaban J connectivity index is 2.97. The Hall–Kier alpha value is -0.210. The van der Waals surface area contributed by atoms with Crippen molar-refractivity contribution in [3.63, 3.8) is 0 Å². The summed E-state index contributed by atoms with van der Waals surface area (Å²) in [5, 5.41) is 5.04. The average molecular weight is 235 g/mol. The van der Waals surface area contributed by atoms with Gasteiger partial charge < -0.3 is 0 Å². The fraction of sp³-hybridized carbons (Fsp3) is 0.700. The van der Waals surface area contributed by atoms with Crippen LogP contribution in [-0.4, -0.2) is 15.7 Å². The van der Waals surface area contributed by atoms with Gasteiger partial charge >= 0.3 is 0 Å². The van der Waals surface area contributed by atoms with Crippen LogP contribution in [0.2, 0.25) is 5.02 Å². The van der Waals surface area contributed by atoms with Crippen LogP contribution in [0.3, 0.4) is 0 Å². The van der Waals surface area contributed by atoms with Gasteiger partial charge in [0.1, 0.15) is 0 Å². The molecular formula is C10H16Cl2N2. The van der Waals surface area contributed by atoms with Crippen molar-refractivity contribution in [1.29, 1.82) is 0 Å². The van der Waals surface area contributed by atoms with Crippen molar-refractivity contribution in [1.82, 2.24) is 9.78 Å². The van der Waals surface area contributed by atoms with Gasteiger partial charge in [0.2, 0.25) is 0 Å². The first kappa shape index (κ1) is 11.9. The fourth-order valence-electron chi connectivity index (χ4n) is 1.37. The van der Waals surface area contributed by atoms with Crippen molar-refractivity contribution >= 4 is 23.2 Å². The molecule has 0 aliphatic carbocycles. The molecule has 0 bridgehead atoms. The predicted molar refractivity (Wildman–Crippen MR) is 61.2 cm³/mol. The van der Waals surface area contributed by atoms with E-state index in [1.54, 1.807) is 0 Å². The van der Waals surface area contributed by atoms with Crippen molar-refractivity contribution in [2.24, 2.45) is 12.5 Å². The van der Waals surface area contributed by atoms with Gasteiger partial charge in [-0.15, -0.1) is 11.6 Å². The highest BCUT2D eigenvalue weighted by atomic mass is 35.5. The average Bonchev–Trinajstić information content (AvgIpc) is 2.32. The van der Waals surface area contributed by atoms with Crippen LogP contribution in [0.15, 0.2) is 0 Å². The number of aromatic nitrogens is 2. The normalized spacial score (nSPS) is 12.1. The molecule has 0 aromatic carbocycles. The Labute approximate surface area is 95.2 Å². The zero-order chi connectivity index (χ0) is 10.9. The van der Waals surface area contributed by atoms with Crippen LogP contribution in [0.4, 0.5) is 0 Å². The maximum atomic E-state index is 6.15. The molecule has 0 fully saturated rings. The largest absolute Gasteiger partial charge is 0.271 e. The molecule has 0 spiro atoms. The Morgan fingerprint density at radius 2 is 2.00 bits per heavy atom. The summed E-state index contributed by atoms with van der Waals surface area (Å²) in [6.45, 7) is 6.16. The lowest BCUT2D eigenvalue weighted by Crippen LogP contribution is -2.19. The van der Waals surface area contributed by atoms with E-state index in [2.05, 4.69) is 18.9 Å². The monoisotopic (exact) mass is 234 g/mol. The topological polar surface area (TPSA) is 17.8 Å². The molecule has 0 aliphatic rings. The van der Waals surface area contributed by atoms with E-state index in [1.165, 1.54) is 0 Å². The van der Waals surface area contributed by atoms with Gasteiger partial charge in [0, 0.05) is 12.9 Å². The molecule has 14 heavy (non-hydrogen) atoms. The van der Waals surface area contributed by atoms with E-state index >= 15 is 0 Å². The van der Waals surface area contributed by atoms with Gasteiger partial charge in [-0.25, -0.2) is 0 Å². The van der Waals surface area contributed by atoms with E-state index in [0.717, 1.165) is 22.8 Å². The molecule has 1 aromatic heterocycles. The lowest BCUT2D eigenvalue weighted by atomic mass is 9.90. The fourth-order valence-corrected chi connectivity index (χ4v) is 1.69. The molecule has 0 saturated heterocycles. The number of alkyl halides is 1. The third-order valence-electron chi connectivity index (χ3n) is 2.27. The van der Waals surface area contributed by atoms with Crippen LogP contribution in [0, 0.1) is 12.3 Å². The summed E-state index contributed by atoms with van der Waals surface area (Å²) in [4.78, 5) is 0. The highest BCUT2D eigenvalue weighted by Gasteiger charge is 2.22. The van der Waals surface area contributed by atoms with E-state index in [4.69, 9.17) is 23.2 Å². The first-order chi connectivity index (χ1) is 6.37. The third kappa shape index (κ3) is 2.43. The number of nitrogens with zero attached hydrogens (tertiary/aromatic N) is 2. The van der Waals surface area contributed by atoms with Crippen LogP contribution in [-0.2, 0) is 13.5 Å². The van der Waals surface area contributed by atoms with Crippen molar-refractivity contribution in [3.8, 4) is 0 Å². The molecule has 4 heteroatoms. The second kappa shape index (κ2) is 4.11. The molecule has 1 aromatic rings. The van der Waals surface area contributed by atoms with Crippen LogP contribution in [0.25, 0.3) is 0 Å². The number of aryl methyl sites for hydroxylation is 2. The van der Waals surface area contributed by atoms with Crippen LogP contribution < -0.4 is 0 Å². The SMILES string of the molecule is Cc1nn(C)c(CC(C)(C)CCl)c1Cl. The molecule has 2 nitrogen and oxygen atoms in total. The summed E-state index contributed by atoms with van der Waals surface area (Å²) in [7, 11) is 1.92. The quantitative estimate of drug-likeness (QED) is 0.735. The molecular weight excluding hydrogens is 219 g/mol. The maximum Gasteiger partial charge on any atom is 0.0847 e. The van der Waals surface area contributed by atoms with Crippen molar-refractivity contribution < 1.29 is 0 Å². The third-order valence-corrected chi connectivity index (χ3v) is 3.48. The minimum absolute atomic E-state index is 0.0609. The zero-order valence-corrected chi connectivity index (χ0v) is 10.6. The molecule has 0 radical (unpaired) electrons. The lowest BCUT2D eigenvalue weighted by Gasteiger charge is -2.21. The molecule has 0 atom stereocenters. The second-order valence-electron chi connectivity index (χ2n) is 4.44. The highest BCUT2D eigenvalue weighted by molar-refractivity contribution is 6.31. The van der Waals surface area contributed by atoms with Gasteiger partial charge in [-0.05, 0) is 18.8 Å². The van der Waals surface area contributed by atoms with Crippen molar-refractivity contribution in [3.05, 3.63) is 16.4 Å². The van der Waals surface area contributed by atoms with E-state index < -0.39 is 0 Å². The van der Waals surface area contributed by atoms with Gasteiger partial charge in [0.05, 0.1) is 16.4 Å². The first-order valence-corrected chi connectivity index (χ1v) is 5.52. The Bertz CT molecular complexity index is 329. The lowest BCUT2D eigenvalue weighted by molar-refractivity contribution is 0.404. The summed E-state index contributed by atoms with van der Waals surface area (Å²) >= 11 is 12.0. The molecule has 0 aliphatic heterocycles. The molecule has 0 saturated carbocycles. The number of rotatable bonds is 3. The molecule has 0 unspecified atom stereocenters. The van der Waals surface area contributed by atoms with Gasteiger partial charge in [-0.2, -0.15) is 5.10 Å². The Kier molecular flexibility index (Phi) is 3.49. The van der Waals surface area contributed by atoms with Crippen molar-refractivity contribution in [2.75, 3.05) is 5.88 Å². The summed E-state index contributed by atoms with van der Waals surface area (Å²) in [5.41, 5.74) is 2.01. The number of hydrogen-bond donors (Lipinski definition) is 0. The maximum absolute atomic E-state index is 6.15. The molecule has 1 rings (SSSR count). The minimum atomic E-state index is 0.0609. The van der Waals surface area contributed by atoms with E-state index in [9.17, 15) is 0 Å². The Morgan fingerprint density at radius 1 is 1.43 bits per heavy atom.